The van der Waals surface area contributed by atoms with Crippen molar-refractivity contribution >= 4 is 18.7 Å². The Morgan fingerprint density at radius 1 is 1.05 bits per heavy atom. The maximum Gasteiger partial charge on any atom is 0.532 e. The zero-order valence-electron chi connectivity index (χ0n) is 13.8. The molecular weight excluding hydrogens is 265 g/mol. The van der Waals surface area contributed by atoms with Crippen molar-refractivity contribution in [2.45, 2.75) is 58.7 Å². The number of rotatable bonds is 2. The molecule has 1 aromatic heterocycles. The van der Waals surface area contributed by atoms with E-state index in [0.717, 1.165) is 30.6 Å². The number of furan rings is 1. The van der Waals surface area contributed by atoms with Gasteiger partial charge in [0, 0.05) is 19.2 Å². The van der Waals surface area contributed by atoms with Crippen molar-refractivity contribution in [1.82, 2.24) is 0 Å². The van der Waals surface area contributed by atoms with E-state index in [1.165, 1.54) is 12.8 Å². The fraction of sp³-hybridized carbons (Fsp3) is 0.750. The molecule has 0 amide bonds. The van der Waals surface area contributed by atoms with E-state index in [9.17, 15) is 0 Å². The van der Waals surface area contributed by atoms with Gasteiger partial charge in [0.2, 0.25) is 0 Å². The van der Waals surface area contributed by atoms with Crippen LogP contribution in [0.15, 0.2) is 16.5 Å². The third kappa shape index (κ3) is 2.73. The van der Waals surface area contributed by atoms with Gasteiger partial charge in [-0.2, -0.15) is 0 Å². The van der Waals surface area contributed by atoms with E-state index in [1.54, 1.807) is 0 Å². The van der Waals surface area contributed by atoms with Crippen molar-refractivity contribution in [2.75, 3.05) is 18.0 Å². The van der Waals surface area contributed by atoms with Crippen LogP contribution < -0.4 is 10.6 Å². The van der Waals surface area contributed by atoms with Gasteiger partial charge in [-0.05, 0) is 52.5 Å². The molecule has 21 heavy (non-hydrogen) atoms. The molecule has 0 bridgehead atoms. The predicted octanol–water partition coefficient (Wildman–Crippen LogP) is 2.82. The van der Waals surface area contributed by atoms with Crippen LogP contribution in [0.5, 0.6) is 0 Å². The molecule has 0 N–H and O–H groups in total. The van der Waals surface area contributed by atoms with Crippen molar-refractivity contribution in [3.8, 4) is 0 Å². The Kier molecular flexibility index (Phi) is 3.61. The molecule has 0 spiro atoms. The maximum atomic E-state index is 6.03. The van der Waals surface area contributed by atoms with E-state index >= 15 is 0 Å². The first-order valence-electron chi connectivity index (χ1n) is 7.99. The third-order valence-corrected chi connectivity index (χ3v) is 5.19. The Balaban J connectivity index is 1.71. The van der Waals surface area contributed by atoms with E-state index in [0.29, 0.717) is 0 Å². The van der Waals surface area contributed by atoms with Crippen molar-refractivity contribution in [3.63, 3.8) is 0 Å². The topological polar surface area (TPSA) is 34.8 Å². The van der Waals surface area contributed by atoms with Gasteiger partial charge >= 0.3 is 7.12 Å². The lowest BCUT2D eigenvalue weighted by atomic mass is 9.86. The monoisotopic (exact) mass is 291 g/mol. The molecule has 0 unspecified atom stereocenters. The van der Waals surface area contributed by atoms with E-state index in [2.05, 4.69) is 39.5 Å². The summed E-state index contributed by atoms with van der Waals surface area (Å²) < 4.78 is 18.1. The summed E-state index contributed by atoms with van der Waals surface area (Å²) in [5, 5.41) is 0. The Labute approximate surface area is 127 Å². The number of nitrogens with zero attached hydrogens (tertiary/aromatic N) is 1. The highest BCUT2D eigenvalue weighted by Crippen LogP contribution is 2.36. The summed E-state index contributed by atoms with van der Waals surface area (Å²) in [6.45, 7) is 12.7. The number of hydrogen-bond donors (Lipinski definition) is 0. The molecule has 0 aromatic carbocycles. The van der Waals surface area contributed by atoms with Gasteiger partial charge in [0.05, 0.1) is 11.2 Å². The molecule has 0 aliphatic carbocycles. The average Bonchev–Trinajstić information content (AvgIpc) is 2.94. The van der Waals surface area contributed by atoms with E-state index in [4.69, 9.17) is 13.7 Å². The van der Waals surface area contributed by atoms with Gasteiger partial charge in [-0.15, -0.1) is 0 Å². The summed E-state index contributed by atoms with van der Waals surface area (Å²) >= 11 is 0. The minimum Gasteiger partial charge on any atom is -0.449 e. The molecule has 2 fully saturated rings. The van der Waals surface area contributed by atoms with E-state index < -0.39 is 7.12 Å². The van der Waals surface area contributed by atoms with Crippen molar-refractivity contribution in [1.29, 1.82) is 0 Å². The molecule has 2 saturated heterocycles. The molecule has 4 nitrogen and oxygen atoms in total. The second kappa shape index (κ2) is 5.06. The summed E-state index contributed by atoms with van der Waals surface area (Å²) in [6, 6.07) is 4.02. The van der Waals surface area contributed by atoms with Crippen LogP contribution in [-0.4, -0.2) is 31.4 Å². The second-order valence-corrected chi connectivity index (χ2v) is 7.43. The Morgan fingerprint density at radius 3 is 2.19 bits per heavy atom. The fourth-order valence-electron chi connectivity index (χ4n) is 2.83. The molecule has 2 aliphatic rings. The lowest BCUT2D eigenvalue weighted by Crippen LogP contribution is -2.41. The van der Waals surface area contributed by atoms with Crippen LogP contribution in [0.2, 0.25) is 0 Å². The van der Waals surface area contributed by atoms with Crippen molar-refractivity contribution < 1.29 is 13.7 Å². The van der Waals surface area contributed by atoms with Crippen LogP contribution in [-0.2, 0) is 9.31 Å². The minimum absolute atomic E-state index is 0.328. The summed E-state index contributed by atoms with van der Waals surface area (Å²) in [5.74, 6) is 1.75. The summed E-state index contributed by atoms with van der Waals surface area (Å²) in [6.07, 6.45) is 2.46. The zero-order chi connectivity index (χ0) is 15.3. The van der Waals surface area contributed by atoms with Crippen LogP contribution in [0, 0.1) is 5.92 Å². The van der Waals surface area contributed by atoms with Gasteiger partial charge < -0.3 is 18.6 Å². The standard InChI is InChI=1S/C16H26BNO3/c1-12-8-10-18(11-9-12)14-7-6-13(19-14)17-20-15(2,3)16(4,5)21-17/h6-7,12H,8-11H2,1-5H3. The van der Waals surface area contributed by atoms with Crippen LogP contribution in [0.4, 0.5) is 5.88 Å². The Hall–Kier alpha value is -0.935. The van der Waals surface area contributed by atoms with Crippen LogP contribution in [0.25, 0.3) is 0 Å². The number of piperidine rings is 1. The summed E-state index contributed by atoms with van der Waals surface area (Å²) in [4.78, 5) is 2.31. The smallest absolute Gasteiger partial charge is 0.449 e. The SMILES string of the molecule is CC1CCN(c2ccc(B3OC(C)(C)C(C)(C)O3)o2)CC1. The Bertz CT molecular complexity index is 487. The summed E-state index contributed by atoms with van der Waals surface area (Å²) in [5.41, 5.74) is 0.110. The maximum absolute atomic E-state index is 6.03. The quantitative estimate of drug-likeness (QED) is 0.785. The van der Waals surface area contributed by atoms with Gasteiger partial charge in [-0.3, -0.25) is 0 Å². The molecule has 0 saturated carbocycles. The third-order valence-electron chi connectivity index (χ3n) is 5.19. The van der Waals surface area contributed by atoms with Crippen LogP contribution in [0.1, 0.15) is 47.5 Å². The normalized spacial score (nSPS) is 25.6. The van der Waals surface area contributed by atoms with Gasteiger partial charge in [0.1, 0.15) is 5.66 Å². The molecule has 3 rings (SSSR count). The highest BCUT2D eigenvalue weighted by atomic mass is 16.7. The fourth-order valence-corrected chi connectivity index (χ4v) is 2.83. The molecule has 0 atom stereocenters. The van der Waals surface area contributed by atoms with Gasteiger partial charge in [-0.1, -0.05) is 6.92 Å². The first-order chi connectivity index (χ1) is 9.78. The van der Waals surface area contributed by atoms with Gasteiger partial charge in [0.15, 0.2) is 5.88 Å². The number of hydrogen-bond acceptors (Lipinski definition) is 4. The molecular formula is C16H26BNO3. The van der Waals surface area contributed by atoms with Crippen LogP contribution >= 0.6 is 0 Å². The summed E-state index contributed by atoms with van der Waals surface area (Å²) in [7, 11) is -0.410. The molecule has 116 valence electrons. The molecule has 2 aliphatic heterocycles. The minimum atomic E-state index is -0.410. The highest BCUT2D eigenvalue weighted by molar-refractivity contribution is 6.60. The lowest BCUT2D eigenvalue weighted by Gasteiger charge is -2.32. The van der Waals surface area contributed by atoms with E-state index in [-0.39, 0.29) is 11.2 Å². The molecule has 3 heterocycles. The highest BCUT2D eigenvalue weighted by Gasteiger charge is 2.53. The van der Waals surface area contributed by atoms with Crippen molar-refractivity contribution in [2.24, 2.45) is 5.92 Å². The molecule has 0 radical (unpaired) electrons. The number of anilines is 1. The first kappa shape index (κ1) is 15.0. The predicted molar refractivity (Wildman–Crippen MR) is 85.0 cm³/mol. The van der Waals surface area contributed by atoms with Gasteiger partial charge in [-0.25, -0.2) is 0 Å². The molecule has 5 heteroatoms. The molecule has 1 aromatic rings. The lowest BCUT2D eigenvalue weighted by molar-refractivity contribution is 0.00578. The average molecular weight is 291 g/mol. The van der Waals surface area contributed by atoms with E-state index in [1.807, 2.05) is 12.1 Å². The largest absolute Gasteiger partial charge is 0.532 e. The first-order valence-corrected chi connectivity index (χ1v) is 7.99. The van der Waals surface area contributed by atoms with Crippen LogP contribution in [0.3, 0.4) is 0 Å². The van der Waals surface area contributed by atoms with Crippen molar-refractivity contribution in [3.05, 3.63) is 12.1 Å². The van der Waals surface area contributed by atoms with Gasteiger partial charge in [0.25, 0.3) is 0 Å². The second-order valence-electron chi connectivity index (χ2n) is 7.43. The Morgan fingerprint density at radius 2 is 1.62 bits per heavy atom. The zero-order valence-corrected chi connectivity index (χ0v) is 13.8.